The van der Waals surface area contributed by atoms with E-state index in [4.69, 9.17) is 23.2 Å². The van der Waals surface area contributed by atoms with E-state index >= 15 is 0 Å². The van der Waals surface area contributed by atoms with Crippen LogP contribution in [0.5, 0.6) is 0 Å². The highest BCUT2D eigenvalue weighted by atomic mass is 35.5. The molecule has 0 aliphatic heterocycles. The first-order chi connectivity index (χ1) is 10.4. The summed E-state index contributed by atoms with van der Waals surface area (Å²) in [7, 11) is 0. The highest BCUT2D eigenvalue weighted by Crippen LogP contribution is 2.28. The van der Waals surface area contributed by atoms with Gasteiger partial charge < -0.3 is 0 Å². The molecule has 0 unspecified atom stereocenters. The molecule has 2 rings (SSSR count). The third-order valence-corrected chi connectivity index (χ3v) is 2.99. The maximum absolute atomic E-state index is 11.0. The van der Waals surface area contributed by atoms with E-state index in [-0.39, 0.29) is 21.8 Å². The molecular weight excluding hydrogens is 335 g/mol. The van der Waals surface area contributed by atoms with Gasteiger partial charge in [-0.3, -0.25) is 20.2 Å². The molecule has 22 heavy (non-hydrogen) atoms. The van der Waals surface area contributed by atoms with E-state index in [1.165, 1.54) is 36.4 Å². The second-order valence-electron chi connectivity index (χ2n) is 3.96. The Morgan fingerprint density at radius 2 is 1.59 bits per heavy atom. The summed E-state index contributed by atoms with van der Waals surface area (Å²) in [4.78, 5) is 27.5. The fraction of sp³-hybridized carbons (Fsp3) is 0. The lowest BCUT2D eigenvalue weighted by molar-refractivity contribution is -0.385. The quantitative estimate of drug-likeness (QED) is 0.362. The normalized spacial score (nSPS) is 10.8. The molecule has 1 aromatic carbocycles. The highest BCUT2D eigenvalue weighted by Gasteiger charge is 2.21. The van der Waals surface area contributed by atoms with Crippen LogP contribution in [-0.4, -0.2) is 19.8 Å². The Hall–Kier alpha value is -2.58. The Labute approximate surface area is 133 Å². The molecule has 2 aromatic rings. The third kappa shape index (κ3) is 3.54. The van der Waals surface area contributed by atoms with Gasteiger partial charge in [0.25, 0.3) is 5.69 Å². The van der Waals surface area contributed by atoms with Gasteiger partial charge in [-0.2, -0.15) is 4.98 Å². The van der Waals surface area contributed by atoms with E-state index in [1.807, 2.05) is 0 Å². The van der Waals surface area contributed by atoms with Gasteiger partial charge in [-0.1, -0.05) is 17.7 Å². The summed E-state index contributed by atoms with van der Waals surface area (Å²) in [6.45, 7) is 0. The minimum Gasteiger partial charge on any atom is -0.258 e. The smallest absolute Gasteiger partial charge is 0.258 e. The van der Waals surface area contributed by atoms with Crippen LogP contribution in [0.1, 0.15) is 11.3 Å². The molecule has 0 saturated carbocycles. The zero-order chi connectivity index (χ0) is 16.3. The predicted octanol–water partition coefficient (Wildman–Crippen LogP) is 3.77. The van der Waals surface area contributed by atoms with E-state index in [0.717, 1.165) is 0 Å². The maximum Gasteiger partial charge on any atom is 0.331 e. The van der Waals surface area contributed by atoms with Crippen molar-refractivity contribution < 1.29 is 9.85 Å². The van der Waals surface area contributed by atoms with Gasteiger partial charge in [0.05, 0.1) is 9.85 Å². The Morgan fingerprint density at radius 3 is 2.14 bits per heavy atom. The molecule has 0 aliphatic carbocycles. The predicted molar refractivity (Wildman–Crippen MR) is 80.7 cm³/mol. The molecule has 0 amide bonds. The van der Waals surface area contributed by atoms with Crippen LogP contribution in [0.2, 0.25) is 10.4 Å². The number of benzene rings is 1. The number of nitro groups is 2. The summed E-state index contributed by atoms with van der Waals surface area (Å²) in [5.74, 6) is 0. The topological polar surface area (TPSA) is 112 Å². The second-order valence-corrected chi connectivity index (χ2v) is 4.65. The van der Waals surface area contributed by atoms with Gasteiger partial charge in [0, 0.05) is 12.1 Å². The Kier molecular flexibility index (Phi) is 4.64. The van der Waals surface area contributed by atoms with Crippen molar-refractivity contribution in [3.63, 3.8) is 0 Å². The molecule has 0 saturated heterocycles. The fourth-order valence-electron chi connectivity index (χ4n) is 1.58. The van der Waals surface area contributed by atoms with Crippen LogP contribution in [0, 0.1) is 20.2 Å². The minimum absolute atomic E-state index is 0.0590. The summed E-state index contributed by atoms with van der Waals surface area (Å²) < 4.78 is 0. The zero-order valence-corrected chi connectivity index (χ0v) is 12.2. The third-order valence-electron chi connectivity index (χ3n) is 2.56. The van der Waals surface area contributed by atoms with Crippen LogP contribution in [0.25, 0.3) is 12.2 Å². The Balaban J connectivity index is 2.37. The van der Waals surface area contributed by atoms with Crippen LogP contribution in [0.15, 0.2) is 24.3 Å². The number of non-ortho nitro benzene ring substituents is 1. The average Bonchev–Trinajstić information content (AvgIpc) is 2.44. The molecule has 1 heterocycles. The summed E-state index contributed by atoms with van der Waals surface area (Å²) >= 11 is 11.3. The molecule has 10 heteroatoms. The van der Waals surface area contributed by atoms with Crippen molar-refractivity contribution in [1.29, 1.82) is 0 Å². The number of nitro benzene ring substituents is 1. The van der Waals surface area contributed by atoms with Gasteiger partial charge in [0.1, 0.15) is 5.69 Å². The molecule has 112 valence electrons. The molecule has 0 bridgehead atoms. The Morgan fingerprint density at radius 1 is 0.955 bits per heavy atom. The van der Waals surface area contributed by atoms with E-state index < -0.39 is 15.5 Å². The zero-order valence-electron chi connectivity index (χ0n) is 10.6. The van der Waals surface area contributed by atoms with Crippen LogP contribution < -0.4 is 0 Å². The summed E-state index contributed by atoms with van der Waals surface area (Å²) in [5, 5.41) is 20.9. The molecule has 1 aromatic heterocycles. The molecule has 8 nitrogen and oxygen atoms in total. The lowest BCUT2D eigenvalue weighted by Gasteiger charge is -1.99. The van der Waals surface area contributed by atoms with Crippen LogP contribution in [-0.2, 0) is 0 Å². The first-order valence-electron chi connectivity index (χ1n) is 5.68. The molecule has 0 atom stereocenters. The molecular formula is C12H6Cl2N4O4. The van der Waals surface area contributed by atoms with E-state index in [9.17, 15) is 20.2 Å². The fourth-order valence-corrected chi connectivity index (χ4v) is 2.05. The van der Waals surface area contributed by atoms with E-state index in [0.29, 0.717) is 5.56 Å². The standard InChI is InChI=1S/C12H6Cl2N4O4/c13-11-10(18(21)22)9(15-12(14)16-11)6-3-7-1-4-8(5-2-7)17(19)20/h1-6H/b6-3-. The van der Waals surface area contributed by atoms with Gasteiger partial charge in [-0.05, 0) is 35.4 Å². The second kappa shape index (κ2) is 6.46. The minimum atomic E-state index is -0.714. The van der Waals surface area contributed by atoms with Crippen molar-refractivity contribution in [1.82, 2.24) is 9.97 Å². The number of hydrogen-bond acceptors (Lipinski definition) is 6. The number of halogens is 2. The molecule has 0 N–H and O–H groups in total. The number of rotatable bonds is 4. The van der Waals surface area contributed by atoms with Gasteiger partial charge in [-0.15, -0.1) is 0 Å². The summed E-state index contributed by atoms with van der Waals surface area (Å²) in [6, 6.07) is 5.61. The van der Waals surface area contributed by atoms with Crippen molar-refractivity contribution >= 4 is 46.7 Å². The average molecular weight is 341 g/mol. The van der Waals surface area contributed by atoms with Gasteiger partial charge >= 0.3 is 5.69 Å². The molecule has 0 radical (unpaired) electrons. The first-order valence-corrected chi connectivity index (χ1v) is 6.44. The summed E-state index contributed by atoms with van der Waals surface area (Å²) in [6.07, 6.45) is 2.82. The van der Waals surface area contributed by atoms with Crippen molar-refractivity contribution in [3.05, 3.63) is 66.2 Å². The number of nitrogens with zero attached hydrogens (tertiary/aromatic N) is 4. The van der Waals surface area contributed by atoms with Crippen LogP contribution >= 0.6 is 23.2 Å². The SMILES string of the molecule is O=[N+]([O-])c1ccc(/C=C\c2nc(Cl)nc(Cl)c2[N+](=O)[O-])cc1. The maximum atomic E-state index is 11.0. The van der Waals surface area contributed by atoms with Crippen LogP contribution in [0.3, 0.4) is 0 Å². The van der Waals surface area contributed by atoms with Crippen molar-refractivity contribution in [2.75, 3.05) is 0 Å². The van der Waals surface area contributed by atoms with E-state index in [1.54, 1.807) is 0 Å². The van der Waals surface area contributed by atoms with Crippen LogP contribution in [0.4, 0.5) is 11.4 Å². The van der Waals surface area contributed by atoms with E-state index in [2.05, 4.69) is 9.97 Å². The molecule has 0 spiro atoms. The Bertz CT molecular complexity index is 777. The first kappa shape index (κ1) is 15.8. The largest absolute Gasteiger partial charge is 0.331 e. The van der Waals surface area contributed by atoms with Crippen molar-refractivity contribution in [2.45, 2.75) is 0 Å². The summed E-state index contributed by atoms with van der Waals surface area (Å²) in [5.41, 5.74) is -0.000378. The lowest BCUT2D eigenvalue weighted by atomic mass is 10.2. The van der Waals surface area contributed by atoms with Crippen molar-refractivity contribution in [2.24, 2.45) is 0 Å². The monoisotopic (exact) mass is 340 g/mol. The molecule has 0 fully saturated rings. The van der Waals surface area contributed by atoms with Gasteiger partial charge in [0.15, 0.2) is 0 Å². The van der Waals surface area contributed by atoms with Gasteiger partial charge in [-0.25, -0.2) is 4.98 Å². The number of aromatic nitrogens is 2. The van der Waals surface area contributed by atoms with Crippen molar-refractivity contribution in [3.8, 4) is 0 Å². The molecule has 0 aliphatic rings. The van der Waals surface area contributed by atoms with Gasteiger partial charge in [0.2, 0.25) is 10.4 Å². The lowest BCUT2D eigenvalue weighted by Crippen LogP contribution is -1.98. The number of hydrogen-bond donors (Lipinski definition) is 0. The highest BCUT2D eigenvalue weighted by molar-refractivity contribution is 6.33.